The Bertz CT molecular complexity index is 859. The van der Waals surface area contributed by atoms with E-state index in [1.165, 1.54) is 12.1 Å². The summed E-state index contributed by atoms with van der Waals surface area (Å²) in [6.07, 6.45) is 1.03. The molecule has 3 rings (SSSR count). The minimum Gasteiger partial charge on any atom is -0.384 e. The summed E-state index contributed by atoms with van der Waals surface area (Å²) in [4.78, 5) is 6.75. The molecule has 0 unspecified atom stereocenters. The van der Waals surface area contributed by atoms with Gasteiger partial charge in [-0.25, -0.2) is 9.37 Å². The van der Waals surface area contributed by atoms with E-state index in [1.54, 1.807) is 10.7 Å². The Labute approximate surface area is 147 Å². The predicted octanol–water partition coefficient (Wildman–Crippen LogP) is 3.35. The van der Waals surface area contributed by atoms with Crippen LogP contribution in [0.5, 0.6) is 0 Å². The summed E-state index contributed by atoms with van der Waals surface area (Å²) < 4.78 is 15.3. The maximum absolute atomic E-state index is 13.6. The van der Waals surface area contributed by atoms with E-state index in [-0.39, 0.29) is 18.2 Å². The number of nitrogens with zero attached hydrogens (tertiary/aromatic N) is 4. The van der Waals surface area contributed by atoms with Crippen LogP contribution in [0.2, 0.25) is 0 Å². The van der Waals surface area contributed by atoms with Crippen LogP contribution in [0.4, 0.5) is 10.1 Å². The maximum Gasteiger partial charge on any atom is 0.160 e. The number of halogens is 2. The SMILES string of the molecule is Cc1nn(C)c2nc3cc(F)ccc3c(NCCCN(C)C)c12.Cl. The molecule has 130 valence electrons. The van der Waals surface area contributed by atoms with Crippen molar-refractivity contribution < 1.29 is 4.39 Å². The van der Waals surface area contributed by atoms with Gasteiger partial charge in [0.2, 0.25) is 0 Å². The summed E-state index contributed by atoms with van der Waals surface area (Å²) in [7, 11) is 5.99. The third-order valence-electron chi connectivity index (χ3n) is 3.98. The Morgan fingerprint density at radius 3 is 2.75 bits per heavy atom. The molecular formula is C17H23ClFN5. The number of anilines is 1. The Morgan fingerprint density at radius 1 is 1.29 bits per heavy atom. The quantitative estimate of drug-likeness (QED) is 0.716. The second-order valence-electron chi connectivity index (χ2n) is 6.14. The van der Waals surface area contributed by atoms with Crippen LogP contribution in [0, 0.1) is 12.7 Å². The number of aromatic nitrogens is 3. The number of aryl methyl sites for hydroxylation is 2. The largest absolute Gasteiger partial charge is 0.384 e. The smallest absolute Gasteiger partial charge is 0.160 e. The Morgan fingerprint density at radius 2 is 2.04 bits per heavy atom. The average Bonchev–Trinajstić information content (AvgIpc) is 2.76. The van der Waals surface area contributed by atoms with Gasteiger partial charge in [0.25, 0.3) is 0 Å². The van der Waals surface area contributed by atoms with Crippen molar-refractivity contribution >= 4 is 40.0 Å². The van der Waals surface area contributed by atoms with Crippen LogP contribution in [0.25, 0.3) is 21.9 Å². The molecule has 0 saturated carbocycles. The lowest BCUT2D eigenvalue weighted by molar-refractivity contribution is 0.405. The number of hydrogen-bond acceptors (Lipinski definition) is 4. The summed E-state index contributed by atoms with van der Waals surface area (Å²) in [6, 6.07) is 4.74. The molecule has 2 aromatic heterocycles. The van der Waals surface area contributed by atoms with Gasteiger partial charge in [0.1, 0.15) is 5.82 Å². The zero-order valence-corrected chi connectivity index (χ0v) is 15.2. The van der Waals surface area contributed by atoms with Crippen molar-refractivity contribution in [2.75, 3.05) is 32.5 Å². The summed E-state index contributed by atoms with van der Waals surface area (Å²) in [5.41, 5.74) is 3.34. The van der Waals surface area contributed by atoms with Crippen molar-refractivity contribution in [3.8, 4) is 0 Å². The first-order valence-corrected chi connectivity index (χ1v) is 7.78. The van der Waals surface area contributed by atoms with Gasteiger partial charge >= 0.3 is 0 Å². The number of nitrogens with one attached hydrogen (secondary N) is 1. The van der Waals surface area contributed by atoms with Crippen molar-refractivity contribution in [2.45, 2.75) is 13.3 Å². The van der Waals surface area contributed by atoms with E-state index in [0.717, 1.165) is 47.3 Å². The van der Waals surface area contributed by atoms with Gasteiger partial charge in [-0.1, -0.05) is 0 Å². The van der Waals surface area contributed by atoms with E-state index in [1.807, 2.05) is 14.0 Å². The molecule has 3 aromatic rings. The van der Waals surface area contributed by atoms with E-state index in [0.29, 0.717) is 5.52 Å². The Kier molecular flexibility index (Phi) is 5.62. The summed E-state index contributed by atoms with van der Waals surface area (Å²) in [5.74, 6) is -0.276. The molecular weight excluding hydrogens is 329 g/mol. The topological polar surface area (TPSA) is 46.0 Å². The Balaban J connectivity index is 0.00000208. The Hall–Kier alpha value is -1.92. The highest BCUT2D eigenvalue weighted by atomic mass is 35.5. The van der Waals surface area contributed by atoms with Crippen molar-refractivity contribution in [1.29, 1.82) is 0 Å². The fourth-order valence-electron chi connectivity index (χ4n) is 2.92. The van der Waals surface area contributed by atoms with E-state index in [4.69, 9.17) is 0 Å². The maximum atomic E-state index is 13.6. The number of fused-ring (bicyclic) bond motifs is 2. The monoisotopic (exact) mass is 351 g/mol. The molecule has 0 spiro atoms. The lowest BCUT2D eigenvalue weighted by Crippen LogP contribution is -2.16. The van der Waals surface area contributed by atoms with E-state index in [2.05, 4.69) is 34.4 Å². The molecule has 1 N–H and O–H groups in total. The van der Waals surface area contributed by atoms with Crippen LogP contribution in [0.3, 0.4) is 0 Å². The van der Waals surface area contributed by atoms with Gasteiger partial charge in [0, 0.05) is 25.0 Å². The second-order valence-corrected chi connectivity index (χ2v) is 6.14. The first-order valence-electron chi connectivity index (χ1n) is 7.78. The second kappa shape index (κ2) is 7.32. The van der Waals surface area contributed by atoms with Crippen LogP contribution in [0.15, 0.2) is 18.2 Å². The highest BCUT2D eigenvalue weighted by molar-refractivity contribution is 6.07. The van der Waals surface area contributed by atoms with Crippen LogP contribution in [-0.4, -0.2) is 46.8 Å². The lowest BCUT2D eigenvalue weighted by atomic mass is 10.1. The summed E-state index contributed by atoms with van der Waals surface area (Å²) in [5, 5.41) is 9.92. The number of rotatable bonds is 5. The molecule has 2 heterocycles. The van der Waals surface area contributed by atoms with Crippen LogP contribution in [-0.2, 0) is 7.05 Å². The molecule has 0 aliphatic rings. The summed E-state index contributed by atoms with van der Waals surface area (Å²) >= 11 is 0. The fraction of sp³-hybridized carbons (Fsp3) is 0.412. The molecule has 0 radical (unpaired) electrons. The van der Waals surface area contributed by atoms with Crippen molar-refractivity contribution in [3.05, 3.63) is 29.7 Å². The zero-order chi connectivity index (χ0) is 16.6. The fourth-order valence-corrected chi connectivity index (χ4v) is 2.92. The molecule has 5 nitrogen and oxygen atoms in total. The van der Waals surface area contributed by atoms with Crippen molar-refractivity contribution in [2.24, 2.45) is 7.05 Å². The molecule has 0 bridgehead atoms. The lowest BCUT2D eigenvalue weighted by Gasteiger charge is -2.13. The molecule has 24 heavy (non-hydrogen) atoms. The minimum absolute atomic E-state index is 0. The van der Waals surface area contributed by atoms with Crippen molar-refractivity contribution in [3.63, 3.8) is 0 Å². The number of hydrogen-bond donors (Lipinski definition) is 1. The molecule has 0 atom stereocenters. The highest BCUT2D eigenvalue weighted by Crippen LogP contribution is 2.32. The van der Waals surface area contributed by atoms with Gasteiger partial charge < -0.3 is 10.2 Å². The molecule has 7 heteroatoms. The van der Waals surface area contributed by atoms with Gasteiger partial charge in [-0.05, 0) is 46.1 Å². The zero-order valence-electron chi connectivity index (χ0n) is 14.4. The van der Waals surface area contributed by atoms with Gasteiger partial charge in [0.05, 0.1) is 22.3 Å². The van der Waals surface area contributed by atoms with E-state index >= 15 is 0 Å². The van der Waals surface area contributed by atoms with E-state index < -0.39 is 0 Å². The van der Waals surface area contributed by atoms with Gasteiger partial charge in [-0.15, -0.1) is 12.4 Å². The molecule has 0 aliphatic carbocycles. The molecule has 0 aliphatic heterocycles. The minimum atomic E-state index is -0.276. The third kappa shape index (κ3) is 3.44. The molecule has 0 fully saturated rings. The number of benzene rings is 1. The normalized spacial score (nSPS) is 11.2. The average molecular weight is 352 g/mol. The third-order valence-corrected chi connectivity index (χ3v) is 3.98. The van der Waals surface area contributed by atoms with Crippen LogP contribution >= 0.6 is 12.4 Å². The standard InChI is InChI=1S/C17H22FN5.ClH/c1-11-15-16(19-8-5-9-22(2)3)13-7-6-12(18)10-14(13)20-17(15)23(4)21-11;/h6-7,10H,5,8-9H2,1-4H3,(H,19,20);1H. The van der Waals surface area contributed by atoms with Gasteiger partial charge in [-0.3, -0.25) is 4.68 Å². The van der Waals surface area contributed by atoms with E-state index in [9.17, 15) is 4.39 Å². The molecule has 0 amide bonds. The first kappa shape index (κ1) is 18.4. The molecule has 0 saturated heterocycles. The van der Waals surface area contributed by atoms with Crippen molar-refractivity contribution in [1.82, 2.24) is 19.7 Å². The summed E-state index contributed by atoms with van der Waals surface area (Å²) in [6.45, 7) is 3.84. The van der Waals surface area contributed by atoms with Gasteiger partial charge in [0.15, 0.2) is 5.65 Å². The number of pyridine rings is 1. The molecule has 1 aromatic carbocycles. The predicted molar refractivity (Wildman–Crippen MR) is 99.6 cm³/mol. The van der Waals surface area contributed by atoms with Gasteiger partial charge in [-0.2, -0.15) is 5.10 Å². The highest BCUT2D eigenvalue weighted by Gasteiger charge is 2.15. The van der Waals surface area contributed by atoms with Crippen LogP contribution in [0.1, 0.15) is 12.1 Å². The van der Waals surface area contributed by atoms with Crippen LogP contribution < -0.4 is 5.32 Å². The first-order chi connectivity index (χ1) is 11.0.